The first-order valence-corrected chi connectivity index (χ1v) is 7.95. The summed E-state index contributed by atoms with van der Waals surface area (Å²) in [6, 6.07) is 1.76. The van der Waals surface area contributed by atoms with Crippen LogP contribution in [0.25, 0.3) is 0 Å². The molecule has 0 bridgehead atoms. The van der Waals surface area contributed by atoms with E-state index in [0.717, 1.165) is 12.1 Å². The Balaban J connectivity index is 3.48. The van der Waals surface area contributed by atoms with Crippen molar-refractivity contribution < 1.29 is 26.3 Å². The Bertz CT molecular complexity index is 566. The molecule has 1 N–H and O–H groups in total. The lowest BCUT2D eigenvalue weighted by Crippen LogP contribution is -2.30. The molecular weight excluding hydrogens is 344 g/mol. The quantitative estimate of drug-likeness (QED) is 0.479. The summed E-state index contributed by atoms with van der Waals surface area (Å²) in [7, 11) is 0. The van der Waals surface area contributed by atoms with Crippen LogP contribution in [-0.4, -0.2) is 12.6 Å². The predicted molar refractivity (Wildman–Crippen MR) is 86.3 cm³/mol. The fraction of sp³-hybridized carbons (Fsp3) is 0.556. The number of hydrogen-bond acceptors (Lipinski definition) is 1. The molecule has 0 unspecified atom stereocenters. The zero-order valence-corrected chi connectivity index (χ0v) is 14.6. The maximum atomic E-state index is 13.1. The zero-order valence-electron chi connectivity index (χ0n) is 14.6. The van der Waals surface area contributed by atoms with E-state index in [0.29, 0.717) is 5.57 Å². The molecule has 0 radical (unpaired) electrons. The van der Waals surface area contributed by atoms with Gasteiger partial charge in [-0.2, -0.15) is 26.3 Å². The van der Waals surface area contributed by atoms with Gasteiger partial charge in [0.1, 0.15) is 0 Å². The van der Waals surface area contributed by atoms with Crippen LogP contribution in [0.4, 0.5) is 26.3 Å². The molecule has 0 saturated heterocycles. The highest BCUT2D eigenvalue weighted by Gasteiger charge is 2.37. The molecule has 0 amide bonds. The Kier molecular flexibility index (Phi) is 6.73. The minimum Gasteiger partial charge on any atom is -0.314 e. The molecule has 0 spiro atoms. The molecule has 0 aliphatic carbocycles. The minimum atomic E-state index is -4.86. The van der Waals surface area contributed by atoms with Crippen molar-refractivity contribution in [2.24, 2.45) is 5.92 Å². The number of rotatable bonds is 6. The van der Waals surface area contributed by atoms with Gasteiger partial charge in [0, 0.05) is 18.5 Å². The van der Waals surface area contributed by atoms with Gasteiger partial charge >= 0.3 is 12.4 Å². The van der Waals surface area contributed by atoms with Crippen LogP contribution in [-0.2, 0) is 12.4 Å². The molecule has 0 aromatic heterocycles. The Morgan fingerprint density at radius 2 is 1.36 bits per heavy atom. The number of hydrogen-bond donors (Lipinski definition) is 1. The van der Waals surface area contributed by atoms with Gasteiger partial charge < -0.3 is 5.32 Å². The molecule has 1 aromatic rings. The van der Waals surface area contributed by atoms with Crippen LogP contribution in [0.5, 0.6) is 0 Å². The van der Waals surface area contributed by atoms with E-state index in [9.17, 15) is 26.3 Å². The van der Waals surface area contributed by atoms with Crippen LogP contribution in [0, 0.1) is 5.92 Å². The van der Waals surface area contributed by atoms with Crippen LogP contribution in [0.3, 0.4) is 0 Å². The third-order valence-corrected chi connectivity index (χ3v) is 3.93. The second kappa shape index (κ2) is 7.81. The van der Waals surface area contributed by atoms with Gasteiger partial charge in [0.05, 0.1) is 11.1 Å². The lowest BCUT2D eigenvalue weighted by atomic mass is 9.84. The molecule has 0 saturated carbocycles. The topological polar surface area (TPSA) is 12.0 Å². The molecule has 0 aliphatic heterocycles. The molecule has 0 heterocycles. The molecular formula is C18H23F6N. The Hall–Kier alpha value is -1.50. The molecule has 0 aliphatic rings. The maximum absolute atomic E-state index is 13.1. The molecule has 1 rings (SSSR count). The van der Waals surface area contributed by atoms with Crippen LogP contribution in [0.15, 0.2) is 30.4 Å². The van der Waals surface area contributed by atoms with Gasteiger partial charge in [0.25, 0.3) is 0 Å². The summed E-state index contributed by atoms with van der Waals surface area (Å²) in [5.41, 5.74) is -2.05. The number of nitrogens with one attached hydrogen (secondary N) is 1. The van der Waals surface area contributed by atoms with Crippen molar-refractivity contribution in [3.05, 3.63) is 47.0 Å². The first-order valence-electron chi connectivity index (χ1n) is 7.95. The molecule has 0 fully saturated rings. The van der Waals surface area contributed by atoms with Gasteiger partial charge in [-0.05, 0) is 29.7 Å². The van der Waals surface area contributed by atoms with Crippen LogP contribution in [0.1, 0.15) is 50.3 Å². The minimum absolute atomic E-state index is 0.0333. The highest BCUT2D eigenvalue weighted by molar-refractivity contribution is 5.39. The van der Waals surface area contributed by atoms with Crippen molar-refractivity contribution in [1.82, 2.24) is 5.32 Å². The van der Waals surface area contributed by atoms with Crippen molar-refractivity contribution in [2.45, 2.75) is 52.0 Å². The first-order chi connectivity index (χ1) is 11.2. The summed E-state index contributed by atoms with van der Waals surface area (Å²) < 4.78 is 78.4. The van der Waals surface area contributed by atoms with E-state index in [4.69, 9.17) is 0 Å². The summed E-state index contributed by atoms with van der Waals surface area (Å²) in [4.78, 5) is 0. The van der Waals surface area contributed by atoms with E-state index in [1.807, 2.05) is 27.7 Å². The molecule has 7 heteroatoms. The maximum Gasteiger partial charge on any atom is 0.416 e. The standard InChI is InChI=1S/C18H23F6N/c1-10(2)12(5)16(9-25-11(3)4)13-6-14(17(19,20)21)8-15(7-13)18(22,23)24/h6-8,10-11,16,25H,5,9H2,1-4H3/t16-/m0/s1. The normalized spacial score (nSPS) is 14.2. The van der Waals surface area contributed by atoms with Gasteiger partial charge in [-0.15, -0.1) is 0 Å². The van der Waals surface area contributed by atoms with E-state index in [-0.39, 0.29) is 30.1 Å². The summed E-state index contributed by atoms with van der Waals surface area (Å²) in [5.74, 6) is -0.728. The van der Waals surface area contributed by atoms with Crippen LogP contribution in [0.2, 0.25) is 0 Å². The van der Waals surface area contributed by atoms with Gasteiger partial charge in [0.15, 0.2) is 0 Å². The smallest absolute Gasteiger partial charge is 0.314 e. The zero-order chi connectivity index (χ0) is 19.6. The van der Waals surface area contributed by atoms with Crippen molar-refractivity contribution in [1.29, 1.82) is 0 Å². The average molecular weight is 367 g/mol. The summed E-state index contributed by atoms with van der Waals surface area (Å²) in [5, 5.41) is 3.07. The van der Waals surface area contributed by atoms with E-state index >= 15 is 0 Å². The number of halogens is 6. The number of benzene rings is 1. The van der Waals surface area contributed by atoms with E-state index < -0.39 is 29.4 Å². The van der Waals surface area contributed by atoms with Gasteiger partial charge in [0.2, 0.25) is 0 Å². The highest BCUT2D eigenvalue weighted by Crippen LogP contribution is 2.39. The van der Waals surface area contributed by atoms with E-state index in [2.05, 4.69) is 11.9 Å². The largest absolute Gasteiger partial charge is 0.416 e. The SMILES string of the molecule is C=C(C(C)C)[C@H](CNC(C)C)c1cc(C(F)(F)F)cc(C(F)(F)F)c1. The second-order valence-electron chi connectivity index (χ2n) is 6.68. The second-order valence-corrected chi connectivity index (χ2v) is 6.68. The third-order valence-electron chi connectivity index (χ3n) is 3.93. The third kappa shape index (κ3) is 6.06. The highest BCUT2D eigenvalue weighted by atomic mass is 19.4. The molecule has 1 aromatic carbocycles. The Morgan fingerprint density at radius 3 is 1.68 bits per heavy atom. The molecule has 25 heavy (non-hydrogen) atoms. The van der Waals surface area contributed by atoms with E-state index in [1.54, 1.807) is 0 Å². The number of alkyl halides is 6. The van der Waals surface area contributed by atoms with Crippen LogP contribution < -0.4 is 5.32 Å². The lowest BCUT2D eigenvalue weighted by Gasteiger charge is -2.26. The van der Waals surface area contributed by atoms with Crippen LogP contribution >= 0.6 is 0 Å². The molecule has 1 nitrogen and oxygen atoms in total. The van der Waals surface area contributed by atoms with Gasteiger partial charge in [-0.1, -0.05) is 39.8 Å². The van der Waals surface area contributed by atoms with E-state index in [1.165, 1.54) is 0 Å². The van der Waals surface area contributed by atoms with Crippen molar-refractivity contribution in [3.8, 4) is 0 Å². The Labute approximate surface area is 144 Å². The lowest BCUT2D eigenvalue weighted by molar-refractivity contribution is -0.143. The fourth-order valence-electron chi connectivity index (χ4n) is 2.40. The molecule has 142 valence electrons. The molecule has 1 atom stereocenters. The predicted octanol–water partition coefficient (Wildman–Crippen LogP) is 6.02. The van der Waals surface area contributed by atoms with Crippen molar-refractivity contribution >= 4 is 0 Å². The first kappa shape index (κ1) is 21.5. The van der Waals surface area contributed by atoms with Crippen molar-refractivity contribution in [2.75, 3.05) is 6.54 Å². The fourth-order valence-corrected chi connectivity index (χ4v) is 2.40. The summed E-state index contributed by atoms with van der Waals surface area (Å²) in [6.07, 6.45) is -9.71. The summed E-state index contributed by atoms with van der Waals surface area (Å²) >= 11 is 0. The monoisotopic (exact) mass is 367 g/mol. The van der Waals surface area contributed by atoms with Crippen molar-refractivity contribution in [3.63, 3.8) is 0 Å². The summed E-state index contributed by atoms with van der Waals surface area (Å²) in [6.45, 7) is 11.4. The van der Waals surface area contributed by atoms with Gasteiger partial charge in [-0.25, -0.2) is 0 Å². The van der Waals surface area contributed by atoms with Gasteiger partial charge in [-0.3, -0.25) is 0 Å². The average Bonchev–Trinajstić information content (AvgIpc) is 2.44. The Morgan fingerprint density at radius 1 is 0.920 bits per heavy atom.